The number of carboxylic acids is 1. The molecule has 1 aliphatic heterocycles. The number of carbonyl (C=O) groups is 2. The molecule has 1 saturated heterocycles. The van der Waals surface area contributed by atoms with E-state index in [1.54, 1.807) is 4.90 Å². The molecule has 0 radical (unpaired) electrons. The number of fused-ring (bicyclic) bond motifs is 1. The maximum absolute atomic E-state index is 12.6. The monoisotopic (exact) mass is 315 g/mol. The second-order valence-corrected chi connectivity index (χ2v) is 7.03. The minimum Gasteiger partial charge on any atom is -0.480 e. The third-order valence-electron chi connectivity index (χ3n) is 5.62. The van der Waals surface area contributed by atoms with Gasteiger partial charge in [-0.2, -0.15) is 0 Å². The highest BCUT2D eigenvalue weighted by atomic mass is 16.4. The smallest absolute Gasteiger partial charge is 0.326 e. The lowest BCUT2D eigenvalue weighted by Crippen LogP contribution is -2.43. The molecule has 0 spiro atoms. The lowest BCUT2D eigenvalue weighted by molar-refractivity contribution is -0.149. The zero-order chi connectivity index (χ0) is 16.4. The van der Waals surface area contributed by atoms with Crippen LogP contribution in [-0.4, -0.2) is 34.5 Å². The normalized spacial score (nSPS) is 27.7. The van der Waals surface area contributed by atoms with Crippen molar-refractivity contribution in [1.82, 2.24) is 4.90 Å². The maximum Gasteiger partial charge on any atom is 0.326 e. The molecule has 1 N–H and O–H groups in total. The highest BCUT2D eigenvalue weighted by Crippen LogP contribution is 2.42. The summed E-state index contributed by atoms with van der Waals surface area (Å²) in [4.78, 5) is 25.9. The van der Waals surface area contributed by atoms with E-state index in [9.17, 15) is 14.7 Å². The summed E-state index contributed by atoms with van der Waals surface area (Å²) in [5, 5.41) is 9.54. The van der Waals surface area contributed by atoms with Crippen LogP contribution in [0.2, 0.25) is 0 Å². The average molecular weight is 315 g/mol. The number of amides is 1. The van der Waals surface area contributed by atoms with Crippen molar-refractivity contribution in [2.24, 2.45) is 11.8 Å². The number of hydrogen-bond donors (Lipinski definition) is 1. The topological polar surface area (TPSA) is 57.6 Å². The Morgan fingerprint density at radius 1 is 1.26 bits per heavy atom. The molecule has 0 aromatic heterocycles. The molecular weight excluding hydrogens is 290 g/mol. The molecule has 4 heteroatoms. The molecule has 4 nitrogen and oxygen atoms in total. The van der Waals surface area contributed by atoms with Crippen molar-refractivity contribution in [3.63, 3.8) is 0 Å². The average Bonchev–Trinajstić information content (AvgIpc) is 3.13. The number of carbonyl (C=O) groups excluding carboxylic acids is 1. The zero-order valence-electron chi connectivity index (χ0n) is 13.6. The molecule has 2 fully saturated rings. The van der Waals surface area contributed by atoms with E-state index in [0.29, 0.717) is 24.8 Å². The Balaban J connectivity index is 1.60. The van der Waals surface area contributed by atoms with Gasteiger partial charge in [-0.05, 0) is 42.6 Å². The van der Waals surface area contributed by atoms with Crippen molar-refractivity contribution in [2.75, 3.05) is 6.54 Å². The van der Waals surface area contributed by atoms with Gasteiger partial charge in [0, 0.05) is 13.0 Å². The molecule has 2 aliphatic rings. The standard InChI is InChI=1S/C19H25NO3/c1-13(14-6-3-2-4-7-14)10-11-17(21)20-12-15-8-5-9-16(15)18(20)19(22)23/h2-4,6-7,13,15-16,18H,5,8-12H2,1H3,(H,22,23). The molecule has 1 aromatic rings. The summed E-state index contributed by atoms with van der Waals surface area (Å²) in [7, 11) is 0. The molecule has 1 saturated carbocycles. The third kappa shape index (κ3) is 3.26. The first-order chi connectivity index (χ1) is 11.1. The van der Waals surface area contributed by atoms with Gasteiger partial charge in [0.25, 0.3) is 0 Å². The molecule has 1 aromatic carbocycles. The highest BCUT2D eigenvalue weighted by molar-refractivity contribution is 5.84. The summed E-state index contributed by atoms with van der Waals surface area (Å²) in [5.74, 6) is 0.0542. The van der Waals surface area contributed by atoms with Crippen LogP contribution in [0.15, 0.2) is 30.3 Å². The van der Waals surface area contributed by atoms with Gasteiger partial charge in [0.2, 0.25) is 5.91 Å². The van der Waals surface area contributed by atoms with Gasteiger partial charge >= 0.3 is 5.97 Å². The van der Waals surface area contributed by atoms with Gasteiger partial charge in [0.15, 0.2) is 0 Å². The quantitative estimate of drug-likeness (QED) is 0.907. The summed E-state index contributed by atoms with van der Waals surface area (Å²) in [5.41, 5.74) is 1.23. The molecule has 3 rings (SSSR count). The second kappa shape index (κ2) is 6.73. The van der Waals surface area contributed by atoms with Crippen molar-refractivity contribution in [2.45, 2.75) is 51.0 Å². The zero-order valence-corrected chi connectivity index (χ0v) is 13.6. The van der Waals surface area contributed by atoms with Crippen LogP contribution < -0.4 is 0 Å². The Labute approximate surface area is 137 Å². The lowest BCUT2D eigenvalue weighted by atomic mass is 9.94. The van der Waals surface area contributed by atoms with Crippen molar-refractivity contribution in [3.8, 4) is 0 Å². The maximum atomic E-state index is 12.6. The number of hydrogen-bond acceptors (Lipinski definition) is 2. The van der Waals surface area contributed by atoms with Crippen LogP contribution >= 0.6 is 0 Å². The molecular formula is C19H25NO3. The number of nitrogens with zero attached hydrogens (tertiary/aromatic N) is 1. The molecule has 1 heterocycles. The highest BCUT2D eigenvalue weighted by Gasteiger charge is 2.49. The molecule has 4 unspecified atom stereocenters. The Hall–Kier alpha value is -1.84. The van der Waals surface area contributed by atoms with Crippen molar-refractivity contribution in [3.05, 3.63) is 35.9 Å². The fourth-order valence-corrected chi connectivity index (χ4v) is 4.31. The van der Waals surface area contributed by atoms with E-state index in [1.165, 1.54) is 5.56 Å². The molecule has 0 bridgehead atoms. The Kier molecular flexibility index (Phi) is 4.69. The fourth-order valence-electron chi connectivity index (χ4n) is 4.31. The first kappa shape index (κ1) is 16.0. The predicted octanol–water partition coefficient (Wildman–Crippen LogP) is 3.28. The van der Waals surface area contributed by atoms with Crippen molar-refractivity contribution in [1.29, 1.82) is 0 Å². The van der Waals surface area contributed by atoms with Crippen molar-refractivity contribution < 1.29 is 14.7 Å². The number of aliphatic carboxylic acids is 1. The minimum absolute atomic E-state index is 0.00887. The first-order valence-electron chi connectivity index (χ1n) is 8.65. The predicted molar refractivity (Wildman–Crippen MR) is 88.1 cm³/mol. The van der Waals surface area contributed by atoms with E-state index in [4.69, 9.17) is 0 Å². The minimum atomic E-state index is -0.830. The van der Waals surface area contributed by atoms with Crippen LogP contribution in [0.4, 0.5) is 0 Å². The molecule has 4 atom stereocenters. The van der Waals surface area contributed by atoms with Gasteiger partial charge in [-0.15, -0.1) is 0 Å². The van der Waals surface area contributed by atoms with Gasteiger partial charge in [-0.25, -0.2) is 4.79 Å². The van der Waals surface area contributed by atoms with E-state index in [1.807, 2.05) is 18.2 Å². The Bertz CT molecular complexity index is 571. The number of rotatable bonds is 5. The SMILES string of the molecule is CC(CCC(=O)N1CC2CCCC2C1C(=O)O)c1ccccc1. The molecule has 1 amide bonds. The third-order valence-corrected chi connectivity index (χ3v) is 5.62. The van der Waals surface area contributed by atoms with Gasteiger partial charge in [-0.3, -0.25) is 4.79 Å². The molecule has 124 valence electrons. The van der Waals surface area contributed by atoms with Gasteiger partial charge in [0.1, 0.15) is 6.04 Å². The van der Waals surface area contributed by atoms with Gasteiger partial charge in [-0.1, -0.05) is 43.7 Å². The summed E-state index contributed by atoms with van der Waals surface area (Å²) in [6.07, 6.45) is 4.32. The fraction of sp³-hybridized carbons (Fsp3) is 0.579. The van der Waals surface area contributed by atoms with E-state index in [0.717, 1.165) is 25.7 Å². The van der Waals surface area contributed by atoms with Gasteiger partial charge < -0.3 is 10.0 Å². The van der Waals surface area contributed by atoms with Crippen LogP contribution in [0.3, 0.4) is 0 Å². The van der Waals surface area contributed by atoms with E-state index >= 15 is 0 Å². The van der Waals surface area contributed by atoms with Gasteiger partial charge in [0.05, 0.1) is 0 Å². The van der Waals surface area contributed by atoms with Crippen molar-refractivity contribution >= 4 is 11.9 Å². The summed E-state index contributed by atoms with van der Waals surface area (Å²) in [6.45, 7) is 2.76. The Morgan fingerprint density at radius 3 is 2.70 bits per heavy atom. The number of benzene rings is 1. The largest absolute Gasteiger partial charge is 0.480 e. The van der Waals surface area contributed by atoms with E-state index in [-0.39, 0.29) is 11.8 Å². The summed E-state index contributed by atoms with van der Waals surface area (Å²) >= 11 is 0. The number of carboxylic acid groups (broad SMARTS) is 1. The van der Waals surface area contributed by atoms with E-state index < -0.39 is 12.0 Å². The van der Waals surface area contributed by atoms with Crippen LogP contribution in [0, 0.1) is 11.8 Å². The molecule has 23 heavy (non-hydrogen) atoms. The molecule has 1 aliphatic carbocycles. The second-order valence-electron chi connectivity index (χ2n) is 7.03. The van der Waals surface area contributed by atoms with Crippen LogP contribution in [0.1, 0.15) is 50.5 Å². The first-order valence-corrected chi connectivity index (χ1v) is 8.65. The Morgan fingerprint density at radius 2 is 2.00 bits per heavy atom. The van der Waals surface area contributed by atoms with Crippen LogP contribution in [0.5, 0.6) is 0 Å². The summed E-state index contributed by atoms with van der Waals surface area (Å²) in [6, 6.07) is 9.57. The number of likely N-dealkylation sites (tertiary alicyclic amines) is 1. The summed E-state index contributed by atoms with van der Waals surface area (Å²) < 4.78 is 0. The van der Waals surface area contributed by atoms with Crippen LogP contribution in [0.25, 0.3) is 0 Å². The van der Waals surface area contributed by atoms with E-state index in [2.05, 4.69) is 19.1 Å². The lowest BCUT2D eigenvalue weighted by Gasteiger charge is -2.25. The van der Waals surface area contributed by atoms with Crippen LogP contribution in [-0.2, 0) is 9.59 Å².